The second-order valence-corrected chi connectivity index (χ2v) is 2.69. The molecule has 0 bridgehead atoms. The third-order valence-corrected chi connectivity index (χ3v) is 2.02. The van der Waals surface area contributed by atoms with Crippen LogP contribution in [0, 0.1) is 0 Å². The number of hydrogen-bond acceptors (Lipinski definition) is 3. The summed E-state index contributed by atoms with van der Waals surface area (Å²) in [6, 6.07) is 0. The van der Waals surface area contributed by atoms with E-state index in [9.17, 15) is 0 Å². The maximum atomic E-state index is 3.06. The number of nitrogens with zero attached hydrogens (tertiary/aromatic N) is 1. The highest BCUT2D eigenvalue weighted by atomic mass is 32.2. The number of allylic oxidation sites excluding steroid dienone is 2. The molecule has 0 aromatic heterocycles. The van der Waals surface area contributed by atoms with Gasteiger partial charge in [0.2, 0.25) is 0 Å². The fraction of sp³-hybridized carbons (Fsp3) is 0. The van der Waals surface area contributed by atoms with Gasteiger partial charge in [-0.15, -0.1) is 0 Å². The van der Waals surface area contributed by atoms with Crippen molar-refractivity contribution in [3.63, 3.8) is 0 Å². The maximum Gasteiger partial charge on any atom is 0.0996 e. The zero-order chi connectivity index (χ0) is 6.10. The zero-order valence-corrected chi connectivity index (χ0v) is 5.56. The molecule has 0 unspecified atom stereocenters. The predicted molar refractivity (Wildman–Crippen MR) is 38.9 cm³/mol. The quantitative estimate of drug-likeness (QED) is 0.544. The van der Waals surface area contributed by atoms with Crippen LogP contribution in [0.3, 0.4) is 0 Å². The van der Waals surface area contributed by atoms with E-state index >= 15 is 0 Å². The lowest BCUT2D eigenvalue weighted by atomic mass is 10.5. The average Bonchev–Trinajstić information content (AvgIpc) is 2.33. The van der Waals surface area contributed by atoms with Crippen molar-refractivity contribution >= 4 is 11.8 Å². The summed E-state index contributed by atoms with van der Waals surface area (Å²) in [7, 11) is 0. The number of hydrogen-bond donors (Lipinski definition) is 1. The highest BCUT2D eigenvalue weighted by Gasteiger charge is 2.10. The molecule has 0 spiro atoms. The molecule has 1 N–H and O–H groups in total. The molecule has 0 aromatic rings. The molecular weight excluding hydrogens is 132 g/mol. The van der Waals surface area contributed by atoms with Crippen LogP contribution in [0.5, 0.6) is 0 Å². The summed E-state index contributed by atoms with van der Waals surface area (Å²) in [4.78, 5) is 0. The number of thioether (sulfide) groups is 1. The second-order valence-electron chi connectivity index (χ2n) is 1.77. The van der Waals surface area contributed by atoms with Crippen molar-refractivity contribution in [3.8, 4) is 0 Å². The average molecular weight is 138 g/mol. The normalized spacial score (nSPS) is 21.3. The smallest absolute Gasteiger partial charge is 0.0996 e. The van der Waals surface area contributed by atoms with Crippen LogP contribution in [0.25, 0.3) is 0 Å². The number of nitrogens with one attached hydrogen (secondary N) is 1. The predicted octanol–water partition coefficient (Wildman–Crippen LogP) is 1.38. The Morgan fingerprint density at radius 1 is 1.56 bits per heavy atom. The minimum Gasteiger partial charge on any atom is -0.301 e. The Bertz CT molecular complexity index is 205. The van der Waals surface area contributed by atoms with E-state index in [2.05, 4.69) is 11.5 Å². The van der Waals surface area contributed by atoms with Gasteiger partial charge in [-0.2, -0.15) is 0 Å². The fourth-order valence-electron chi connectivity index (χ4n) is 0.771. The first-order valence-corrected chi connectivity index (χ1v) is 3.60. The van der Waals surface area contributed by atoms with Gasteiger partial charge >= 0.3 is 0 Å². The molecule has 0 saturated heterocycles. The van der Waals surface area contributed by atoms with Crippen LogP contribution in [-0.2, 0) is 0 Å². The van der Waals surface area contributed by atoms with Gasteiger partial charge in [0.15, 0.2) is 0 Å². The Morgan fingerprint density at radius 3 is 3.44 bits per heavy atom. The Labute approximate surface area is 57.9 Å². The molecule has 0 aromatic carbocycles. The van der Waals surface area contributed by atoms with Crippen LogP contribution in [0.15, 0.2) is 35.0 Å². The molecule has 0 saturated carbocycles. The SMILES string of the molecule is C1=CNN2C=CSC2=C1. The van der Waals surface area contributed by atoms with Crippen LogP contribution in [0.1, 0.15) is 0 Å². The van der Waals surface area contributed by atoms with E-state index in [0.29, 0.717) is 0 Å². The molecule has 0 aliphatic carbocycles. The molecule has 0 radical (unpaired) electrons. The molecule has 2 nitrogen and oxygen atoms in total. The Hall–Kier alpha value is -0.830. The van der Waals surface area contributed by atoms with E-state index in [-0.39, 0.29) is 0 Å². The van der Waals surface area contributed by atoms with Crippen LogP contribution in [0.2, 0.25) is 0 Å². The minimum atomic E-state index is 1.23. The molecule has 3 heteroatoms. The van der Waals surface area contributed by atoms with Gasteiger partial charge in [-0.05, 0) is 17.6 Å². The van der Waals surface area contributed by atoms with Crippen molar-refractivity contribution in [2.75, 3.05) is 0 Å². The summed E-state index contributed by atoms with van der Waals surface area (Å²) in [5, 5.41) is 5.26. The van der Waals surface area contributed by atoms with E-state index in [0.717, 1.165) is 0 Å². The van der Waals surface area contributed by atoms with Crippen molar-refractivity contribution in [2.24, 2.45) is 0 Å². The van der Waals surface area contributed by atoms with Crippen molar-refractivity contribution in [2.45, 2.75) is 0 Å². The molecule has 2 heterocycles. The zero-order valence-electron chi connectivity index (χ0n) is 4.74. The molecule has 0 fully saturated rings. The van der Waals surface area contributed by atoms with Gasteiger partial charge in [0.25, 0.3) is 0 Å². The molecular formula is C6H6N2S. The van der Waals surface area contributed by atoms with Gasteiger partial charge in [-0.3, -0.25) is 5.01 Å². The topological polar surface area (TPSA) is 15.3 Å². The first kappa shape index (κ1) is 4.99. The molecule has 2 aliphatic rings. The second kappa shape index (κ2) is 1.84. The van der Waals surface area contributed by atoms with E-state index in [1.807, 2.05) is 28.9 Å². The molecule has 0 amide bonds. The van der Waals surface area contributed by atoms with Crippen molar-refractivity contribution in [1.29, 1.82) is 0 Å². The summed E-state index contributed by atoms with van der Waals surface area (Å²) >= 11 is 1.72. The summed E-state index contributed by atoms with van der Waals surface area (Å²) in [6.45, 7) is 0. The van der Waals surface area contributed by atoms with Crippen molar-refractivity contribution in [3.05, 3.63) is 35.0 Å². The van der Waals surface area contributed by atoms with Gasteiger partial charge in [0.1, 0.15) is 0 Å². The molecule has 46 valence electrons. The van der Waals surface area contributed by atoms with Crippen molar-refractivity contribution < 1.29 is 0 Å². The van der Waals surface area contributed by atoms with E-state index in [1.165, 1.54) is 5.03 Å². The van der Waals surface area contributed by atoms with Gasteiger partial charge < -0.3 is 5.43 Å². The van der Waals surface area contributed by atoms with Crippen LogP contribution in [0.4, 0.5) is 0 Å². The lowest BCUT2D eigenvalue weighted by molar-refractivity contribution is 0.423. The lowest BCUT2D eigenvalue weighted by Crippen LogP contribution is -2.26. The van der Waals surface area contributed by atoms with E-state index in [4.69, 9.17) is 0 Å². The molecule has 0 atom stereocenters. The highest BCUT2D eigenvalue weighted by molar-refractivity contribution is 8.06. The first-order chi connectivity index (χ1) is 4.47. The summed E-state index contributed by atoms with van der Waals surface area (Å²) in [6.07, 6.45) is 7.96. The Balaban J connectivity index is 2.29. The van der Waals surface area contributed by atoms with Gasteiger partial charge in [-0.25, -0.2) is 0 Å². The maximum absolute atomic E-state index is 3.06. The monoisotopic (exact) mass is 138 g/mol. The largest absolute Gasteiger partial charge is 0.301 e. The Morgan fingerprint density at radius 2 is 2.56 bits per heavy atom. The Kier molecular flexibility index (Phi) is 1.02. The van der Waals surface area contributed by atoms with Gasteiger partial charge in [0, 0.05) is 12.4 Å². The lowest BCUT2D eigenvalue weighted by Gasteiger charge is -2.18. The van der Waals surface area contributed by atoms with Gasteiger partial charge in [-0.1, -0.05) is 11.8 Å². The number of rotatable bonds is 0. The third kappa shape index (κ3) is 0.733. The summed E-state index contributed by atoms with van der Waals surface area (Å²) in [5.74, 6) is 0. The fourth-order valence-corrected chi connectivity index (χ4v) is 1.48. The van der Waals surface area contributed by atoms with Crippen LogP contribution in [-0.4, -0.2) is 5.01 Å². The minimum absolute atomic E-state index is 1.23. The molecule has 2 rings (SSSR count). The third-order valence-electron chi connectivity index (χ3n) is 1.18. The summed E-state index contributed by atoms with van der Waals surface area (Å²) in [5.41, 5.74) is 3.06. The van der Waals surface area contributed by atoms with Crippen molar-refractivity contribution in [1.82, 2.24) is 10.4 Å². The van der Waals surface area contributed by atoms with E-state index in [1.54, 1.807) is 11.8 Å². The van der Waals surface area contributed by atoms with Crippen LogP contribution >= 0.6 is 11.8 Å². The first-order valence-electron chi connectivity index (χ1n) is 2.72. The van der Waals surface area contributed by atoms with Gasteiger partial charge in [0.05, 0.1) is 5.03 Å². The number of hydrazine groups is 1. The van der Waals surface area contributed by atoms with Crippen LogP contribution < -0.4 is 5.43 Å². The van der Waals surface area contributed by atoms with E-state index < -0.39 is 0 Å². The number of fused-ring (bicyclic) bond motifs is 1. The highest BCUT2D eigenvalue weighted by Crippen LogP contribution is 2.28. The molecule has 2 aliphatic heterocycles. The standard InChI is InChI=1S/C6H6N2S/c1-2-6-8(7-3-1)4-5-9-6/h1-5,7H. The summed E-state index contributed by atoms with van der Waals surface area (Å²) < 4.78 is 0. The molecule has 9 heavy (non-hydrogen) atoms.